The van der Waals surface area contributed by atoms with Crippen molar-refractivity contribution in [3.8, 4) is 0 Å². The fourth-order valence-corrected chi connectivity index (χ4v) is 5.15. The minimum atomic E-state index is -1.08. The van der Waals surface area contributed by atoms with Crippen LogP contribution in [0.15, 0.2) is 48.5 Å². The van der Waals surface area contributed by atoms with Crippen LogP contribution in [0.2, 0.25) is 5.02 Å². The summed E-state index contributed by atoms with van der Waals surface area (Å²) in [5.74, 6) is -1.77. The van der Waals surface area contributed by atoms with Crippen LogP contribution in [0.4, 0.5) is 0 Å². The Hall–Kier alpha value is -3.32. The Morgan fingerprint density at radius 1 is 1.15 bits per heavy atom. The normalized spacial score (nSPS) is 18.4. The lowest BCUT2D eigenvalue weighted by atomic mass is 9.84. The molecule has 1 unspecified atom stereocenters. The highest BCUT2D eigenvalue weighted by molar-refractivity contribution is 6.31. The number of halogens is 1. The quantitative estimate of drug-likeness (QED) is 0.497. The molecule has 1 heterocycles. The third-order valence-corrected chi connectivity index (χ3v) is 6.57. The second-order valence-electron chi connectivity index (χ2n) is 9.88. The molecule has 1 aromatic heterocycles. The summed E-state index contributed by atoms with van der Waals surface area (Å²) in [6.07, 6.45) is 0.485. The summed E-state index contributed by atoms with van der Waals surface area (Å²) in [5, 5.41) is 14.5. The molecule has 0 saturated carbocycles. The Labute approximate surface area is 203 Å². The molecule has 0 saturated heterocycles. The number of carbonyl (C=O) groups excluding carboxylic acids is 2. The van der Waals surface area contributed by atoms with Gasteiger partial charge in [0.1, 0.15) is 11.7 Å². The molecule has 7 nitrogen and oxygen atoms in total. The highest BCUT2D eigenvalue weighted by Gasteiger charge is 2.47. The molecule has 0 spiro atoms. The topological polar surface area (TPSA) is 102 Å². The number of aromatic amines is 1. The zero-order valence-corrected chi connectivity index (χ0v) is 20.3. The Balaban J connectivity index is 1.72. The van der Waals surface area contributed by atoms with E-state index in [4.69, 9.17) is 11.6 Å². The van der Waals surface area contributed by atoms with Gasteiger partial charge in [-0.3, -0.25) is 9.59 Å². The van der Waals surface area contributed by atoms with Crippen LogP contribution >= 0.6 is 11.6 Å². The van der Waals surface area contributed by atoms with Gasteiger partial charge in [0.15, 0.2) is 0 Å². The van der Waals surface area contributed by atoms with Gasteiger partial charge in [0.25, 0.3) is 5.91 Å². The Morgan fingerprint density at radius 3 is 2.50 bits per heavy atom. The monoisotopic (exact) mass is 481 g/mol. The first kappa shape index (κ1) is 23.8. The van der Waals surface area contributed by atoms with Crippen molar-refractivity contribution in [3.05, 3.63) is 70.4 Å². The van der Waals surface area contributed by atoms with Crippen LogP contribution in [-0.2, 0) is 16.0 Å². The fraction of sp³-hybridized carbons (Fsp3) is 0.346. The maximum atomic E-state index is 13.2. The van der Waals surface area contributed by atoms with Crippen molar-refractivity contribution in [1.82, 2.24) is 15.2 Å². The van der Waals surface area contributed by atoms with Crippen molar-refractivity contribution in [2.75, 3.05) is 0 Å². The fourth-order valence-electron chi connectivity index (χ4n) is 4.96. The number of benzene rings is 2. The minimum absolute atomic E-state index is 0.332. The lowest BCUT2D eigenvalue weighted by Crippen LogP contribution is -2.56. The number of carbonyl (C=O) groups is 3. The third kappa shape index (κ3) is 4.40. The second kappa shape index (κ2) is 8.80. The number of amides is 2. The first-order chi connectivity index (χ1) is 16.0. The van der Waals surface area contributed by atoms with Gasteiger partial charge in [0.05, 0.1) is 12.1 Å². The summed E-state index contributed by atoms with van der Waals surface area (Å²) in [6.45, 7) is 6.77. The SMILES string of the molecule is CC(=O)N(C(C(=O)O)C(C)(C)C)[C@@H]1c2ccccc2C[C@H]1NC(=O)c1cc2cc(Cl)ccc2[nH]1. The van der Waals surface area contributed by atoms with E-state index in [2.05, 4.69) is 10.3 Å². The summed E-state index contributed by atoms with van der Waals surface area (Å²) in [5.41, 5.74) is 2.25. The molecule has 2 amide bonds. The van der Waals surface area contributed by atoms with Crippen LogP contribution in [-0.4, -0.2) is 44.9 Å². The van der Waals surface area contributed by atoms with Crippen LogP contribution in [0.25, 0.3) is 10.9 Å². The van der Waals surface area contributed by atoms with E-state index in [0.29, 0.717) is 17.1 Å². The summed E-state index contributed by atoms with van der Waals surface area (Å²) < 4.78 is 0. The van der Waals surface area contributed by atoms with E-state index >= 15 is 0 Å². The summed E-state index contributed by atoms with van der Waals surface area (Å²) >= 11 is 6.07. The van der Waals surface area contributed by atoms with Gasteiger partial charge in [-0.2, -0.15) is 0 Å². The predicted molar refractivity (Wildman–Crippen MR) is 131 cm³/mol. The number of rotatable bonds is 5. The molecule has 1 aliphatic rings. The predicted octanol–water partition coefficient (Wildman–Crippen LogP) is 4.56. The zero-order chi connectivity index (χ0) is 24.8. The van der Waals surface area contributed by atoms with Crippen molar-refractivity contribution < 1.29 is 19.5 Å². The molecule has 0 bridgehead atoms. The highest BCUT2D eigenvalue weighted by Crippen LogP contribution is 2.40. The molecule has 4 rings (SSSR count). The van der Waals surface area contributed by atoms with Gasteiger partial charge in [-0.1, -0.05) is 56.6 Å². The average Bonchev–Trinajstić information content (AvgIpc) is 3.31. The van der Waals surface area contributed by atoms with E-state index in [1.807, 2.05) is 24.3 Å². The number of aromatic nitrogens is 1. The largest absolute Gasteiger partial charge is 0.480 e. The number of nitrogens with zero attached hydrogens (tertiary/aromatic N) is 1. The van der Waals surface area contributed by atoms with Gasteiger partial charge in [0.2, 0.25) is 5.91 Å². The number of carboxylic acids is 1. The van der Waals surface area contributed by atoms with Crippen LogP contribution < -0.4 is 5.32 Å². The Morgan fingerprint density at radius 2 is 1.85 bits per heavy atom. The van der Waals surface area contributed by atoms with Gasteiger partial charge in [0, 0.05) is 22.8 Å². The molecule has 8 heteroatoms. The van der Waals surface area contributed by atoms with Crippen LogP contribution in [0.5, 0.6) is 0 Å². The summed E-state index contributed by atoms with van der Waals surface area (Å²) in [6, 6.07) is 12.5. The first-order valence-corrected chi connectivity index (χ1v) is 11.5. The van der Waals surface area contributed by atoms with Crippen molar-refractivity contribution in [1.29, 1.82) is 0 Å². The number of nitrogens with one attached hydrogen (secondary N) is 2. The molecular formula is C26H28ClN3O4. The summed E-state index contributed by atoms with van der Waals surface area (Å²) in [7, 11) is 0. The van der Waals surface area contributed by atoms with Gasteiger partial charge in [-0.25, -0.2) is 4.79 Å². The molecule has 0 fully saturated rings. The van der Waals surface area contributed by atoms with E-state index in [-0.39, 0.29) is 11.8 Å². The van der Waals surface area contributed by atoms with Crippen LogP contribution in [0.3, 0.4) is 0 Å². The maximum absolute atomic E-state index is 13.2. The molecule has 1 aliphatic carbocycles. The second-order valence-corrected chi connectivity index (χ2v) is 10.3. The third-order valence-electron chi connectivity index (χ3n) is 6.33. The molecule has 2 aromatic carbocycles. The van der Waals surface area contributed by atoms with Gasteiger partial charge in [-0.05, 0) is 47.2 Å². The molecule has 0 radical (unpaired) electrons. The lowest BCUT2D eigenvalue weighted by molar-refractivity contribution is -0.157. The molecule has 0 aliphatic heterocycles. The standard InChI is InChI=1S/C26H28ClN3O4/c1-14(31)30(23(25(33)34)26(2,3)4)22-18-8-6-5-7-15(18)12-20(22)29-24(32)21-13-16-11-17(27)9-10-19(16)28-21/h5-11,13,20,22-23,28H,12H2,1-4H3,(H,29,32)(H,33,34)/t20-,22-,23?/m1/s1. The number of hydrogen-bond acceptors (Lipinski definition) is 3. The summed E-state index contributed by atoms with van der Waals surface area (Å²) in [4.78, 5) is 43.0. The van der Waals surface area contributed by atoms with E-state index in [0.717, 1.165) is 22.0 Å². The minimum Gasteiger partial charge on any atom is -0.480 e. The van der Waals surface area contributed by atoms with Crippen molar-refractivity contribution in [2.24, 2.45) is 5.41 Å². The van der Waals surface area contributed by atoms with Crippen molar-refractivity contribution >= 4 is 40.3 Å². The molecule has 34 heavy (non-hydrogen) atoms. The van der Waals surface area contributed by atoms with E-state index < -0.39 is 29.5 Å². The molecule has 3 aromatic rings. The molecule has 178 valence electrons. The zero-order valence-electron chi connectivity index (χ0n) is 19.6. The van der Waals surface area contributed by atoms with Crippen molar-refractivity contribution in [3.63, 3.8) is 0 Å². The molecule has 3 N–H and O–H groups in total. The Kier molecular flexibility index (Phi) is 6.16. The molecular weight excluding hydrogens is 454 g/mol. The lowest BCUT2D eigenvalue weighted by Gasteiger charge is -2.42. The first-order valence-electron chi connectivity index (χ1n) is 11.2. The maximum Gasteiger partial charge on any atom is 0.326 e. The highest BCUT2D eigenvalue weighted by atomic mass is 35.5. The van der Waals surface area contributed by atoms with Crippen molar-refractivity contribution in [2.45, 2.75) is 52.2 Å². The average molecular weight is 482 g/mol. The van der Waals surface area contributed by atoms with E-state index in [1.54, 1.807) is 45.0 Å². The van der Waals surface area contributed by atoms with Gasteiger partial charge in [-0.15, -0.1) is 0 Å². The number of carboxylic acid groups (broad SMARTS) is 1. The van der Waals surface area contributed by atoms with Crippen LogP contribution in [0, 0.1) is 5.41 Å². The van der Waals surface area contributed by atoms with E-state index in [1.165, 1.54) is 11.8 Å². The van der Waals surface area contributed by atoms with E-state index in [9.17, 15) is 19.5 Å². The van der Waals surface area contributed by atoms with Gasteiger partial charge < -0.3 is 20.3 Å². The number of H-pyrrole nitrogens is 1. The number of aliphatic carboxylic acids is 1. The van der Waals surface area contributed by atoms with Crippen LogP contribution in [0.1, 0.15) is 55.4 Å². The number of fused-ring (bicyclic) bond motifs is 2. The van der Waals surface area contributed by atoms with Gasteiger partial charge >= 0.3 is 5.97 Å². The number of hydrogen-bond donors (Lipinski definition) is 3. The Bertz CT molecular complexity index is 1280. The smallest absolute Gasteiger partial charge is 0.326 e. The molecule has 3 atom stereocenters.